The van der Waals surface area contributed by atoms with Gasteiger partial charge in [0, 0.05) is 32.7 Å². The maximum absolute atomic E-state index is 12.3. The second kappa shape index (κ2) is 6.87. The first-order valence-corrected chi connectivity index (χ1v) is 6.92. The molecule has 1 N–H and O–H groups in total. The van der Waals surface area contributed by atoms with Gasteiger partial charge in [-0.05, 0) is 33.4 Å². The molecule has 1 saturated heterocycles. The second-order valence-corrected chi connectivity index (χ2v) is 5.60. The molecule has 108 valence electrons. The van der Waals surface area contributed by atoms with Crippen LogP contribution in [-0.4, -0.2) is 61.0 Å². The molecule has 0 spiro atoms. The van der Waals surface area contributed by atoms with Crippen molar-refractivity contribution in [1.29, 1.82) is 0 Å². The van der Waals surface area contributed by atoms with E-state index in [1.807, 2.05) is 44.9 Å². The third-order valence-corrected chi connectivity index (χ3v) is 3.65. The summed E-state index contributed by atoms with van der Waals surface area (Å²) in [7, 11) is 1.83. The molecule has 1 aliphatic rings. The molecule has 0 bridgehead atoms. The maximum Gasteiger partial charge on any atom is 0.242 e. The van der Waals surface area contributed by atoms with Gasteiger partial charge >= 0.3 is 0 Å². The molecule has 0 unspecified atom stereocenters. The molecule has 0 radical (unpaired) electrons. The molecule has 0 aromatic heterocycles. The van der Waals surface area contributed by atoms with E-state index in [1.165, 1.54) is 0 Å². The summed E-state index contributed by atoms with van der Waals surface area (Å²) in [6.07, 6.45) is 4.05. The third-order valence-electron chi connectivity index (χ3n) is 3.65. The van der Waals surface area contributed by atoms with Crippen LogP contribution >= 0.6 is 0 Å². The Bertz CT molecular complexity index is 352. The van der Waals surface area contributed by atoms with Gasteiger partial charge in [-0.2, -0.15) is 0 Å². The minimum Gasteiger partial charge on any atom is -0.339 e. The van der Waals surface area contributed by atoms with Crippen LogP contribution in [0.25, 0.3) is 0 Å². The van der Waals surface area contributed by atoms with Gasteiger partial charge < -0.3 is 10.2 Å². The molecule has 19 heavy (non-hydrogen) atoms. The van der Waals surface area contributed by atoms with E-state index in [4.69, 9.17) is 0 Å². The Morgan fingerprint density at radius 2 is 1.89 bits per heavy atom. The van der Waals surface area contributed by atoms with Crippen molar-refractivity contribution in [3.8, 4) is 0 Å². The van der Waals surface area contributed by atoms with Crippen LogP contribution in [0, 0.1) is 0 Å². The minimum absolute atomic E-state index is 0.182. The zero-order valence-electron chi connectivity index (χ0n) is 12.7. The topological polar surface area (TPSA) is 35.6 Å². The molecule has 1 amide bonds. The number of rotatable bonds is 5. The zero-order valence-corrected chi connectivity index (χ0v) is 12.7. The van der Waals surface area contributed by atoms with Crippen molar-refractivity contribution in [3.05, 3.63) is 24.3 Å². The van der Waals surface area contributed by atoms with Gasteiger partial charge in [-0.15, -0.1) is 0 Å². The number of amides is 1. The number of carbonyl (C=O) groups is 1. The van der Waals surface area contributed by atoms with Crippen LogP contribution < -0.4 is 5.32 Å². The molecular weight excluding hydrogens is 238 g/mol. The number of nitrogens with zero attached hydrogens (tertiary/aromatic N) is 2. The summed E-state index contributed by atoms with van der Waals surface area (Å²) in [5.74, 6) is 0.182. The standard InChI is InChI=1S/C15H27N3O/c1-6-7-13(2)12-17-8-10-18(11-9-17)14(19)15(3,4)16-5/h6-7,16H,2,8-12H2,1,3-5H3/b7-6-. The van der Waals surface area contributed by atoms with Crippen LogP contribution in [0.1, 0.15) is 20.8 Å². The fraction of sp³-hybridized carbons (Fsp3) is 0.667. The average molecular weight is 265 g/mol. The largest absolute Gasteiger partial charge is 0.339 e. The van der Waals surface area contributed by atoms with E-state index in [0.29, 0.717) is 0 Å². The van der Waals surface area contributed by atoms with E-state index in [0.717, 1.165) is 38.3 Å². The lowest BCUT2D eigenvalue weighted by atomic mass is 10.0. The Morgan fingerprint density at radius 3 is 2.37 bits per heavy atom. The number of allylic oxidation sites excluding steroid dienone is 1. The van der Waals surface area contributed by atoms with E-state index >= 15 is 0 Å². The first-order valence-electron chi connectivity index (χ1n) is 6.92. The molecule has 1 aliphatic heterocycles. The summed E-state index contributed by atoms with van der Waals surface area (Å²) < 4.78 is 0. The third kappa shape index (κ3) is 4.48. The van der Waals surface area contributed by atoms with Crippen molar-refractivity contribution < 1.29 is 4.79 Å². The highest BCUT2D eigenvalue weighted by Gasteiger charge is 2.32. The predicted molar refractivity (Wildman–Crippen MR) is 80.1 cm³/mol. The number of hydrogen-bond acceptors (Lipinski definition) is 3. The SMILES string of the molecule is C=C(/C=C\C)CN1CCN(C(=O)C(C)(C)NC)CC1. The van der Waals surface area contributed by atoms with Crippen molar-refractivity contribution in [1.82, 2.24) is 15.1 Å². The van der Waals surface area contributed by atoms with E-state index in [-0.39, 0.29) is 5.91 Å². The molecule has 0 aliphatic carbocycles. The number of hydrogen-bond donors (Lipinski definition) is 1. The van der Waals surface area contributed by atoms with Gasteiger partial charge in [0.15, 0.2) is 0 Å². The van der Waals surface area contributed by atoms with Crippen LogP contribution in [-0.2, 0) is 4.79 Å². The van der Waals surface area contributed by atoms with E-state index in [1.54, 1.807) is 0 Å². The molecule has 4 heteroatoms. The monoisotopic (exact) mass is 265 g/mol. The maximum atomic E-state index is 12.3. The van der Waals surface area contributed by atoms with E-state index in [2.05, 4.69) is 16.8 Å². The molecule has 0 aromatic carbocycles. The van der Waals surface area contributed by atoms with Crippen LogP contribution in [0.15, 0.2) is 24.3 Å². The summed E-state index contributed by atoms with van der Waals surface area (Å²) >= 11 is 0. The summed E-state index contributed by atoms with van der Waals surface area (Å²) in [5, 5.41) is 3.07. The molecule has 1 fully saturated rings. The van der Waals surface area contributed by atoms with Crippen molar-refractivity contribution in [2.75, 3.05) is 39.8 Å². The lowest BCUT2D eigenvalue weighted by molar-refractivity contribution is -0.138. The Morgan fingerprint density at radius 1 is 1.32 bits per heavy atom. The first-order chi connectivity index (χ1) is 8.90. The van der Waals surface area contributed by atoms with Crippen LogP contribution in [0.4, 0.5) is 0 Å². The molecule has 1 heterocycles. The minimum atomic E-state index is -0.475. The highest BCUT2D eigenvalue weighted by molar-refractivity contribution is 5.85. The summed E-state index contributed by atoms with van der Waals surface area (Å²) in [6, 6.07) is 0. The zero-order chi connectivity index (χ0) is 14.5. The highest BCUT2D eigenvalue weighted by atomic mass is 16.2. The van der Waals surface area contributed by atoms with Crippen molar-refractivity contribution >= 4 is 5.91 Å². The Balaban J connectivity index is 2.45. The fourth-order valence-electron chi connectivity index (χ4n) is 2.19. The van der Waals surface area contributed by atoms with Crippen molar-refractivity contribution in [2.24, 2.45) is 0 Å². The Labute approximate surface area is 117 Å². The normalized spacial score (nSPS) is 18.0. The molecule has 4 nitrogen and oxygen atoms in total. The van der Waals surface area contributed by atoms with Gasteiger partial charge in [-0.3, -0.25) is 9.69 Å². The summed E-state index contributed by atoms with van der Waals surface area (Å²) in [4.78, 5) is 16.6. The predicted octanol–water partition coefficient (Wildman–Crippen LogP) is 1.26. The van der Waals surface area contributed by atoms with Gasteiger partial charge in [0.05, 0.1) is 5.54 Å². The second-order valence-electron chi connectivity index (χ2n) is 5.60. The van der Waals surface area contributed by atoms with Crippen LogP contribution in [0.3, 0.4) is 0 Å². The van der Waals surface area contributed by atoms with Crippen LogP contribution in [0.5, 0.6) is 0 Å². The van der Waals surface area contributed by atoms with Gasteiger partial charge in [0.2, 0.25) is 5.91 Å². The van der Waals surface area contributed by atoms with Gasteiger partial charge in [-0.1, -0.05) is 18.7 Å². The lowest BCUT2D eigenvalue weighted by Crippen LogP contribution is -2.57. The molecule has 0 atom stereocenters. The quantitative estimate of drug-likeness (QED) is 0.760. The number of nitrogens with one attached hydrogen (secondary N) is 1. The Kier molecular flexibility index (Phi) is 5.76. The van der Waals surface area contributed by atoms with Crippen molar-refractivity contribution in [2.45, 2.75) is 26.3 Å². The Hall–Kier alpha value is -1.13. The smallest absolute Gasteiger partial charge is 0.242 e. The highest BCUT2D eigenvalue weighted by Crippen LogP contribution is 2.11. The van der Waals surface area contributed by atoms with Gasteiger partial charge in [0.1, 0.15) is 0 Å². The van der Waals surface area contributed by atoms with Crippen LogP contribution in [0.2, 0.25) is 0 Å². The average Bonchev–Trinajstić information content (AvgIpc) is 2.39. The number of piperazine rings is 1. The lowest BCUT2D eigenvalue weighted by Gasteiger charge is -2.38. The van der Waals surface area contributed by atoms with E-state index < -0.39 is 5.54 Å². The fourth-order valence-corrected chi connectivity index (χ4v) is 2.19. The molecule has 0 aromatic rings. The molecular formula is C15H27N3O. The first kappa shape index (κ1) is 15.9. The number of likely N-dealkylation sites (N-methyl/N-ethyl adjacent to an activating group) is 1. The van der Waals surface area contributed by atoms with E-state index in [9.17, 15) is 4.79 Å². The molecule has 1 rings (SSSR count). The summed E-state index contributed by atoms with van der Waals surface area (Å²) in [6.45, 7) is 14.2. The van der Waals surface area contributed by atoms with Gasteiger partial charge in [-0.25, -0.2) is 0 Å². The van der Waals surface area contributed by atoms with Gasteiger partial charge in [0.25, 0.3) is 0 Å². The van der Waals surface area contributed by atoms with Crippen molar-refractivity contribution in [3.63, 3.8) is 0 Å². The summed E-state index contributed by atoms with van der Waals surface area (Å²) in [5.41, 5.74) is 0.648. The molecule has 0 saturated carbocycles. The number of carbonyl (C=O) groups excluding carboxylic acids is 1.